The summed E-state index contributed by atoms with van der Waals surface area (Å²) in [4.78, 5) is 11.5. The van der Waals surface area contributed by atoms with Gasteiger partial charge in [-0.2, -0.15) is 17.4 Å². The van der Waals surface area contributed by atoms with Gasteiger partial charge in [0.05, 0.1) is 0 Å². The molecule has 23 heavy (non-hydrogen) atoms. The molecule has 0 radical (unpaired) electrons. The van der Waals surface area contributed by atoms with Crippen molar-refractivity contribution >= 4 is 23.3 Å². The summed E-state index contributed by atoms with van der Waals surface area (Å²) in [5, 5.41) is 27.1. The van der Waals surface area contributed by atoms with E-state index in [4.69, 9.17) is 21.5 Å². The van der Waals surface area contributed by atoms with Gasteiger partial charge in [0.25, 0.3) is 10.2 Å². The SMILES string of the molecule is NC1CC1NS(=O)(=O)N1C[C@H](CCCB(O)O)[C@](N)(C(=O)O)C1. The molecule has 12 heteroatoms. The number of hydrogen-bond acceptors (Lipinski definition) is 7. The predicted molar refractivity (Wildman–Crippen MR) is 82.3 cm³/mol. The molecule has 2 fully saturated rings. The summed E-state index contributed by atoms with van der Waals surface area (Å²) in [6, 6.07) is -0.531. The van der Waals surface area contributed by atoms with Gasteiger partial charge in [-0.25, -0.2) is 0 Å². The maximum absolute atomic E-state index is 12.3. The zero-order valence-corrected chi connectivity index (χ0v) is 13.4. The van der Waals surface area contributed by atoms with E-state index in [0.717, 1.165) is 4.31 Å². The number of rotatable bonds is 8. The van der Waals surface area contributed by atoms with Crippen LogP contribution in [0.2, 0.25) is 6.32 Å². The second-order valence-corrected chi connectivity index (χ2v) is 8.08. The van der Waals surface area contributed by atoms with Crippen LogP contribution < -0.4 is 16.2 Å². The van der Waals surface area contributed by atoms with Crippen LogP contribution in [-0.4, -0.2) is 71.7 Å². The highest BCUT2D eigenvalue weighted by molar-refractivity contribution is 7.87. The highest BCUT2D eigenvalue weighted by Crippen LogP contribution is 2.32. The molecule has 1 saturated carbocycles. The number of aliphatic carboxylic acids is 1. The van der Waals surface area contributed by atoms with Gasteiger partial charge in [-0.3, -0.25) is 4.79 Å². The molecule has 4 atom stereocenters. The van der Waals surface area contributed by atoms with Gasteiger partial charge in [0.1, 0.15) is 5.54 Å². The first-order valence-corrected chi connectivity index (χ1v) is 8.91. The lowest BCUT2D eigenvalue weighted by Gasteiger charge is -2.25. The quantitative estimate of drug-likeness (QED) is 0.249. The molecule has 0 aromatic rings. The van der Waals surface area contributed by atoms with Gasteiger partial charge in [0.2, 0.25) is 0 Å². The Kier molecular flexibility index (Phi) is 5.35. The third-order valence-corrected chi connectivity index (χ3v) is 6.04. The van der Waals surface area contributed by atoms with Crippen molar-refractivity contribution in [3.05, 3.63) is 0 Å². The van der Waals surface area contributed by atoms with Crippen LogP contribution >= 0.6 is 0 Å². The van der Waals surface area contributed by atoms with Gasteiger partial charge in [-0.1, -0.05) is 6.42 Å². The largest absolute Gasteiger partial charge is 0.480 e. The Morgan fingerprint density at radius 2 is 2.04 bits per heavy atom. The minimum absolute atomic E-state index is 0.0262. The first-order chi connectivity index (χ1) is 10.6. The Hall–Kier alpha value is -0.755. The lowest BCUT2D eigenvalue weighted by molar-refractivity contribution is -0.144. The number of carboxylic acid groups (broad SMARTS) is 1. The van der Waals surface area contributed by atoms with Gasteiger partial charge >= 0.3 is 13.1 Å². The molecule has 0 aromatic carbocycles. The maximum Gasteiger partial charge on any atom is 0.451 e. The Balaban J connectivity index is 2.05. The first-order valence-electron chi connectivity index (χ1n) is 7.47. The predicted octanol–water partition coefficient (Wildman–Crippen LogP) is -3.11. The van der Waals surface area contributed by atoms with Gasteiger partial charge in [0.15, 0.2) is 0 Å². The van der Waals surface area contributed by atoms with Crippen molar-refractivity contribution in [2.75, 3.05) is 13.1 Å². The molecule has 132 valence electrons. The van der Waals surface area contributed by atoms with E-state index >= 15 is 0 Å². The van der Waals surface area contributed by atoms with Crippen molar-refractivity contribution in [2.45, 2.75) is 43.2 Å². The molecule has 2 rings (SSSR count). The summed E-state index contributed by atoms with van der Waals surface area (Å²) < 4.78 is 28.1. The lowest BCUT2D eigenvalue weighted by Crippen LogP contribution is -2.55. The van der Waals surface area contributed by atoms with E-state index in [-0.39, 0.29) is 37.9 Å². The van der Waals surface area contributed by atoms with Gasteiger partial charge in [-0.15, -0.1) is 0 Å². The van der Waals surface area contributed by atoms with Crippen LogP contribution in [0.4, 0.5) is 0 Å². The van der Waals surface area contributed by atoms with Crippen LogP contribution in [0.5, 0.6) is 0 Å². The molecular formula is C11H23BN4O6S. The average molecular weight is 350 g/mol. The summed E-state index contributed by atoms with van der Waals surface area (Å²) >= 11 is 0. The fourth-order valence-corrected chi connectivity index (χ4v) is 4.39. The van der Waals surface area contributed by atoms with Crippen LogP contribution in [0.25, 0.3) is 0 Å². The third-order valence-electron chi connectivity index (χ3n) is 4.48. The van der Waals surface area contributed by atoms with Crippen LogP contribution in [0.1, 0.15) is 19.3 Å². The number of hydrogen-bond donors (Lipinski definition) is 6. The molecule has 1 saturated heterocycles. The number of nitrogens with two attached hydrogens (primary N) is 2. The van der Waals surface area contributed by atoms with Crippen LogP contribution in [0.3, 0.4) is 0 Å². The highest BCUT2D eigenvalue weighted by Gasteiger charge is 2.53. The molecule has 8 N–H and O–H groups in total. The smallest absolute Gasteiger partial charge is 0.451 e. The Morgan fingerprint density at radius 3 is 2.52 bits per heavy atom. The van der Waals surface area contributed by atoms with Crippen LogP contribution in [-0.2, 0) is 15.0 Å². The van der Waals surface area contributed by atoms with E-state index < -0.39 is 34.8 Å². The third kappa shape index (κ3) is 4.21. The summed E-state index contributed by atoms with van der Waals surface area (Å²) in [5.41, 5.74) is 9.83. The topological polar surface area (TPSA) is 179 Å². The molecular weight excluding hydrogens is 327 g/mol. The molecule has 1 aliphatic carbocycles. The molecule has 0 bridgehead atoms. The van der Waals surface area contributed by atoms with E-state index in [9.17, 15) is 18.3 Å². The summed E-state index contributed by atoms with van der Waals surface area (Å²) in [5.74, 6) is -1.88. The molecule has 1 heterocycles. The van der Waals surface area contributed by atoms with E-state index in [1.807, 2.05) is 0 Å². The standard InChI is InChI=1S/C11H23BN4O6S/c13-8-4-9(8)15-23(21,22)16-5-7(2-1-3-12(19)20)11(14,6-16)10(17)18/h7-9,15,19-20H,1-6,13-14H2,(H,17,18)/t7-,8?,9?,11-/m0/s1. The second kappa shape index (κ2) is 6.63. The average Bonchev–Trinajstić information content (AvgIpc) is 2.96. The first kappa shape index (κ1) is 18.6. The van der Waals surface area contributed by atoms with Gasteiger partial charge in [-0.05, 0) is 19.2 Å². The maximum atomic E-state index is 12.3. The van der Waals surface area contributed by atoms with Crippen molar-refractivity contribution < 1.29 is 28.4 Å². The molecule has 1 aliphatic heterocycles. The molecule has 0 spiro atoms. The van der Waals surface area contributed by atoms with Crippen molar-refractivity contribution in [1.82, 2.24) is 9.03 Å². The van der Waals surface area contributed by atoms with Crippen molar-refractivity contribution in [3.8, 4) is 0 Å². The second-order valence-electron chi connectivity index (χ2n) is 6.38. The van der Waals surface area contributed by atoms with Crippen LogP contribution in [0, 0.1) is 5.92 Å². The zero-order valence-electron chi connectivity index (χ0n) is 12.6. The number of nitrogens with zero attached hydrogens (tertiary/aromatic N) is 1. The fourth-order valence-electron chi connectivity index (χ4n) is 2.83. The minimum atomic E-state index is -3.85. The van der Waals surface area contributed by atoms with E-state index in [2.05, 4.69) is 4.72 Å². The molecule has 10 nitrogen and oxygen atoms in total. The number of nitrogens with one attached hydrogen (secondary N) is 1. The zero-order chi connectivity index (χ0) is 17.4. The lowest BCUT2D eigenvalue weighted by atomic mass is 9.78. The van der Waals surface area contributed by atoms with Gasteiger partial charge in [0, 0.05) is 31.1 Å². The Labute approximate surface area is 135 Å². The summed E-state index contributed by atoms with van der Waals surface area (Å²) in [7, 11) is -5.33. The highest BCUT2D eigenvalue weighted by atomic mass is 32.2. The monoisotopic (exact) mass is 350 g/mol. The summed E-state index contributed by atoms with van der Waals surface area (Å²) in [6.45, 7) is -0.354. The van der Waals surface area contributed by atoms with Crippen LogP contribution in [0.15, 0.2) is 0 Å². The number of carbonyl (C=O) groups is 1. The fraction of sp³-hybridized carbons (Fsp3) is 0.909. The molecule has 0 amide bonds. The summed E-state index contributed by atoms with van der Waals surface area (Å²) in [6.07, 6.45) is 1.25. The molecule has 2 aliphatic rings. The van der Waals surface area contributed by atoms with Gasteiger partial charge < -0.3 is 26.6 Å². The Bertz CT molecular complexity index is 561. The Morgan fingerprint density at radius 1 is 1.43 bits per heavy atom. The minimum Gasteiger partial charge on any atom is -0.480 e. The van der Waals surface area contributed by atoms with E-state index in [1.54, 1.807) is 0 Å². The van der Waals surface area contributed by atoms with Crippen molar-refractivity contribution in [3.63, 3.8) is 0 Å². The van der Waals surface area contributed by atoms with E-state index in [0.29, 0.717) is 12.8 Å². The molecule has 2 unspecified atom stereocenters. The normalized spacial score (nSPS) is 34.5. The number of carboxylic acids is 1. The molecule has 0 aromatic heterocycles. The van der Waals surface area contributed by atoms with E-state index in [1.165, 1.54) is 0 Å². The van der Waals surface area contributed by atoms with Crippen molar-refractivity contribution in [1.29, 1.82) is 0 Å². The van der Waals surface area contributed by atoms with Crippen molar-refractivity contribution in [2.24, 2.45) is 17.4 Å².